The predicted octanol–water partition coefficient (Wildman–Crippen LogP) is 10.8. The van der Waals surface area contributed by atoms with E-state index in [9.17, 15) is 0 Å². The number of fused-ring (bicyclic) bond motifs is 6. The van der Waals surface area contributed by atoms with Gasteiger partial charge >= 0.3 is 248 Å². The Morgan fingerprint density at radius 1 is 0.550 bits per heavy atom. The van der Waals surface area contributed by atoms with Gasteiger partial charge in [0.15, 0.2) is 0 Å². The van der Waals surface area contributed by atoms with Crippen molar-refractivity contribution in [1.82, 2.24) is 0 Å². The minimum atomic E-state index is -2.99. The maximum atomic E-state index is 2.77. The first kappa shape index (κ1) is 26.4. The van der Waals surface area contributed by atoms with E-state index < -0.39 is 28.0 Å². The van der Waals surface area contributed by atoms with Crippen LogP contribution < -0.4 is 0 Å². The first-order valence-electron chi connectivity index (χ1n) is 15.2. The van der Waals surface area contributed by atoms with E-state index in [2.05, 4.69) is 133 Å². The van der Waals surface area contributed by atoms with E-state index in [1.54, 1.807) is 11.1 Å². The zero-order chi connectivity index (χ0) is 27.8. The molecule has 40 heavy (non-hydrogen) atoms. The van der Waals surface area contributed by atoms with Crippen molar-refractivity contribution in [3.8, 4) is 22.3 Å². The van der Waals surface area contributed by atoms with Gasteiger partial charge in [0.05, 0.1) is 0 Å². The van der Waals surface area contributed by atoms with Crippen molar-refractivity contribution in [2.24, 2.45) is 0 Å². The number of benzene rings is 4. The molecule has 0 bridgehead atoms. The van der Waals surface area contributed by atoms with Crippen LogP contribution in [0.4, 0.5) is 0 Å². The van der Waals surface area contributed by atoms with E-state index >= 15 is 0 Å². The molecule has 7 rings (SSSR count). The van der Waals surface area contributed by atoms with E-state index in [0.29, 0.717) is 7.35 Å². The van der Waals surface area contributed by atoms with Gasteiger partial charge in [-0.15, -0.1) is 0 Å². The van der Waals surface area contributed by atoms with Crippen molar-refractivity contribution in [3.63, 3.8) is 0 Å². The summed E-state index contributed by atoms with van der Waals surface area (Å²) in [5, 5.41) is 3.64. The van der Waals surface area contributed by atoms with Crippen LogP contribution >= 0.6 is 0 Å². The van der Waals surface area contributed by atoms with Crippen LogP contribution in [0.15, 0.2) is 95.3 Å². The fourth-order valence-electron chi connectivity index (χ4n) is 8.48. The topological polar surface area (TPSA) is 0 Å². The average Bonchev–Trinajstić information content (AvgIpc) is 3.58. The monoisotopic (exact) mass is 704 g/mol. The van der Waals surface area contributed by atoms with Gasteiger partial charge in [0, 0.05) is 0 Å². The van der Waals surface area contributed by atoms with Gasteiger partial charge < -0.3 is 0 Å². The zero-order valence-electron chi connectivity index (χ0n) is 24.8. The SMILES string of the molecule is CCc1ccccc1-c1cccc2c1C=C1[CH]2[Hf]([CH3])([CH3])[CH]2C(=Cc3c(-c4ccccc4CC)cccc32)[Si]1(C)C. The second-order valence-electron chi connectivity index (χ2n) is 13.2. The maximum absolute atomic E-state index is 2.99. The summed E-state index contributed by atoms with van der Waals surface area (Å²) in [6.45, 7) is 9.89. The Hall–Kier alpha value is -2.55. The number of hydrogen-bond acceptors (Lipinski definition) is 0. The average molecular weight is 703 g/mol. The van der Waals surface area contributed by atoms with Gasteiger partial charge in [-0.05, 0) is 0 Å². The molecule has 0 aromatic heterocycles. The van der Waals surface area contributed by atoms with Crippen LogP contribution in [0.5, 0.6) is 0 Å². The van der Waals surface area contributed by atoms with Gasteiger partial charge in [-0.3, -0.25) is 0 Å². The first-order valence-corrected chi connectivity index (χ1v) is 29.5. The van der Waals surface area contributed by atoms with E-state index in [1.165, 1.54) is 44.5 Å². The third kappa shape index (κ3) is 3.64. The Labute approximate surface area is 246 Å². The van der Waals surface area contributed by atoms with Crippen LogP contribution in [0, 0.1) is 0 Å². The molecule has 0 spiro atoms. The van der Waals surface area contributed by atoms with Crippen LogP contribution in [0.3, 0.4) is 0 Å². The van der Waals surface area contributed by atoms with E-state index in [0.717, 1.165) is 12.8 Å². The van der Waals surface area contributed by atoms with Crippen LogP contribution in [0.1, 0.15) is 54.6 Å². The summed E-state index contributed by atoms with van der Waals surface area (Å²) in [6.07, 6.45) is 7.54. The van der Waals surface area contributed by atoms with Gasteiger partial charge in [0.2, 0.25) is 0 Å². The molecule has 0 nitrogen and oxygen atoms in total. The number of aryl methyl sites for hydroxylation is 2. The number of rotatable bonds is 4. The molecule has 1 fully saturated rings. The van der Waals surface area contributed by atoms with E-state index in [1.807, 2.05) is 10.4 Å². The summed E-state index contributed by atoms with van der Waals surface area (Å²) in [4.78, 5) is 0. The molecule has 4 aromatic carbocycles. The molecular formula is C38H40HfSi. The van der Waals surface area contributed by atoms with Crippen molar-refractivity contribution >= 4 is 20.2 Å². The summed E-state index contributed by atoms with van der Waals surface area (Å²) >= 11 is -2.99. The molecule has 3 aliphatic rings. The molecule has 2 aliphatic carbocycles. The van der Waals surface area contributed by atoms with Crippen LogP contribution in [0.2, 0.25) is 22.5 Å². The standard InChI is InChI=1S/C36H34Si.2CH3.Hf/c1-5-25-13-7-9-17-31(25)33-19-11-15-27-21-29(23-35(27)33)37(3,4)30-22-28-16-12-20-34(36(28)24-30)32-18-10-8-14-26(32)6-2;;;/h7-24H,5-6H2,1-4H3;2*1H3;. The second-order valence-corrected chi connectivity index (χ2v) is 34.8. The van der Waals surface area contributed by atoms with Crippen LogP contribution in [0.25, 0.3) is 34.4 Å². The summed E-state index contributed by atoms with van der Waals surface area (Å²) in [6, 6.07) is 32.6. The Kier molecular flexibility index (Phi) is 6.26. The molecule has 2 heteroatoms. The fraction of sp³-hybridized carbons (Fsp3) is 0.263. The van der Waals surface area contributed by atoms with Crippen molar-refractivity contribution in [2.75, 3.05) is 0 Å². The van der Waals surface area contributed by atoms with Crippen LogP contribution in [-0.2, 0) is 32.8 Å². The van der Waals surface area contributed by atoms with Crippen molar-refractivity contribution in [2.45, 2.75) is 56.5 Å². The Bertz CT molecular complexity index is 1610. The molecule has 0 N–H and O–H groups in total. The molecular weight excluding hydrogens is 663 g/mol. The zero-order valence-corrected chi connectivity index (χ0v) is 29.4. The third-order valence-electron chi connectivity index (χ3n) is 10.4. The molecule has 4 aromatic rings. The molecule has 200 valence electrons. The quantitative estimate of drug-likeness (QED) is 0.186. The molecule has 2 unspecified atom stereocenters. The van der Waals surface area contributed by atoms with Crippen LogP contribution in [-0.4, -0.2) is 8.07 Å². The van der Waals surface area contributed by atoms with Gasteiger partial charge in [-0.25, -0.2) is 0 Å². The Balaban J connectivity index is 1.43. The number of allylic oxidation sites excluding steroid dienone is 2. The summed E-state index contributed by atoms with van der Waals surface area (Å²) < 4.78 is 6.91. The molecule has 0 saturated carbocycles. The summed E-state index contributed by atoms with van der Waals surface area (Å²) in [5.74, 6) is 0. The second kappa shape index (κ2) is 9.50. The Morgan fingerprint density at radius 3 is 1.38 bits per heavy atom. The van der Waals surface area contributed by atoms with Crippen molar-refractivity contribution in [1.29, 1.82) is 0 Å². The molecule has 0 amide bonds. The Morgan fingerprint density at radius 2 is 0.950 bits per heavy atom. The molecule has 1 saturated heterocycles. The van der Waals surface area contributed by atoms with Gasteiger partial charge in [0.1, 0.15) is 0 Å². The van der Waals surface area contributed by atoms with Crippen molar-refractivity contribution in [3.05, 3.63) is 129 Å². The molecule has 1 aliphatic heterocycles. The summed E-state index contributed by atoms with van der Waals surface area (Å²) in [5.41, 5.74) is 15.0. The molecule has 1 heterocycles. The van der Waals surface area contributed by atoms with Gasteiger partial charge in [-0.2, -0.15) is 0 Å². The van der Waals surface area contributed by atoms with Gasteiger partial charge in [-0.1, -0.05) is 0 Å². The van der Waals surface area contributed by atoms with Gasteiger partial charge in [0.25, 0.3) is 0 Å². The normalized spacial score (nSPS) is 21.1. The summed E-state index contributed by atoms with van der Waals surface area (Å²) in [7, 11) is -1.85. The first-order chi connectivity index (χ1) is 19.3. The fourth-order valence-corrected chi connectivity index (χ4v) is 40.6. The molecule has 0 radical (unpaired) electrons. The number of hydrogen-bond donors (Lipinski definition) is 0. The third-order valence-corrected chi connectivity index (χ3v) is 31.4. The van der Waals surface area contributed by atoms with E-state index in [4.69, 9.17) is 0 Å². The minimum absolute atomic E-state index is 0.678. The predicted molar refractivity (Wildman–Crippen MR) is 173 cm³/mol. The van der Waals surface area contributed by atoms with E-state index in [-0.39, 0.29) is 0 Å². The van der Waals surface area contributed by atoms with Crippen molar-refractivity contribution < 1.29 is 20.0 Å². The molecule has 2 atom stereocenters.